The van der Waals surface area contributed by atoms with Crippen molar-refractivity contribution in [2.45, 2.75) is 26.2 Å². The number of aryl methyl sites for hydroxylation is 1. The van der Waals surface area contributed by atoms with Crippen LogP contribution in [-0.2, 0) is 9.59 Å². The number of hydrogen-bond donors (Lipinski definition) is 0. The van der Waals surface area contributed by atoms with E-state index in [1.165, 1.54) is 12.1 Å². The van der Waals surface area contributed by atoms with Crippen LogP contribution in [0.4, 0.5) is 4.39 Å². The van der Waals surface area contributed by atoms with E-state index in [0.717, 1.165) is 22.5 Å². The number of hydrogen-bond acceptors (Lipinski definition) is 3. The van der Waals surface area contributed by atoms with E-state index >= 15 is 0 Å². The van der Waals surface area contributed by atoms with E-state index in [4.69, 9.17) is 0 Å². The molecule has 1 unspecified atom stereocenters. The molecule has 6 nitrogen and oxygen atoms in total. The molecule has 1 aromatic carbocycles. The van der Waals surface area contributed by atoms with Crippen molar-refractivity contribution in [3.8, 4) is 0 Å². The fourth-order valence-electron chi connectivity index (χ4n) is 4.12. The zero-order valence-corrected chi connectivity index (χ0v) is 17.2. The minimum absolute atomic E-state index is 0.00457. The monoisotopic (exact) mass is 408 g/mol. The highest BCUT2D eigenvalue weighted by atomic mass is 19.1. The number of benzene rings is 1. The minimum Gasteiger partial charge on any atom is -0.339 e. The number of rotatable bonds is 4. The molecule has 7 heteroatoms. The Morgan fingerprint density at radius 2 is 1.83 bits per heavy atom. The lowest BCUT2D eigenvalue weighted by Gasteiger charge is -2.35. The summed E-state index contributed by atoms with van der Waals surface area (Å²) >= 11 is 0. The Hall–Kier alpha value is -3.22. The number of halogens is 1. The van der Waals surface area contributed by atoms with Gasteiger partial charge in [0.25, 0.3) is 0 Å². The number of pyridine rings is 1. The van der Waals surface area contributed by atoms with Crippen LogP contribution in [0.2, 0.25) is 0 Å². The number of carbonyl (C=O) groups is 2. The number of piperazine rings is 1. The average Bonchev–Trinajstić information content (AvgIpc) is 3.17. The predicted molar refractivity (Wildman–Crippen MR) is 112 cm³/mol. The molecule has 1 aliphatic rings. The molecule has 0 N–H and O–H groups in total. The van der Waals surface area contributed by atoms with Crippen molar-refractivity contribution in [1.29, 1.82) is 0 Å². The summed E-state index contributed by atoms with van der Waals surface area (Å²) in [7, 11) is 0. The van der Waals surface area contributed by atoms with Gasteiger partial charge in [0.05, 0.1) is 5.69 Å². The van der Waals surface area contributed by atoms with E-state index < -0.39 is 0 Å². The summed E-state index contributed by atoms with van der Waals surface area (Å²) in [6.07, 6.45) is 3.91. The molecule has 0 saturated carbocycles. The topological polar surface area (TPSA) is 57.9 Å². The fourth-order valence-corrected chi connectivity index (χ4v) is 4.12. The summed E-state index contributed by atoms with van der Waals surface area (Å²) in [4.78, 5) is 32.8. The van der Waals surface area contributed by atoms with E-state index in [9.17, 15) is 14.0 Å². The number of nitrogens with zero attached hydrogens (tertiary/aromatic N) is 4. The quantitative estimate of drug-likeness (QED) is 0.667. The molecule has 3 aromatic rings. The Morgan fingerprint density at radius 3 is 2.53 bits per heavy atom. The summed E-state index contributed by atoms with van der Waals surface area (Å²) in [6, 6.07) is 10.3. The normalized spacial score (nSPS) is 15.4. The van der Waals surface area contributed by atoms with E-state index in [1.54, 1.807) is 29.0 Å². The molecule has 1 saturated heterocycles. The maximum Gasteiger partial charge on any atom is 0.223 e. The van der Waals surface area contributed by atoms with Gasteiger partial charge in [-0.3, -0.25) is 9.59 Å². The molecule has 0 radical (unpaired) electrons. The maximum absolute atomic E-state index is 14.0. The Balaban J connectivity index is 1.64. The fraction of sp³-hybridized carbons (Fsp3) is 0.348. The summed E-state index contributed by atoms with van der Waals surface area (Å²) in [5.74, 6) is -0.628. The van der Waals surface area contributed by atoms with Gasteiger partial charge in [-0.2, -0.15) is 0 Å². The molecule has 1 fully saturated rings. The largest absolute Gasteiger partial charge is 0.339 e. The zero-order valence-electron chi connectivity index (χ0n) is 17.2. The van der Waals surface area contributed by atoms with Crippen molar-refractivity contribution in [3.63, 3.8) is 0 Å². The van der Waals surface area contributed by atoms with Gasteiger partial charge in [-0.25, -0.2) is 9.37 Å². The van der Waals surface area contributed by atoms with Crippen molar-refractivity contribution in [3.05, 3.63) is 71.4 Å². The summed E-state index contributed by atoms with van der Waals surface area (Å²) in [6.45, 7) is 5.65. The molecule has 156 valence electrons. The summed E-state index contributed by atoms with van der Waals surface area (Å²) < 4.78 is 16.0. The van der Waals surface area contributed by atoms with Gasteiger partial charge < -0.3 is 14.2 Å². The smallest absolute Gasteiger partial charge is 0.223 e. The van der Waals surface area contributed by atoms with Gasteiger partial charge in [-0.1, -0.05) is 18.2 Å². The van der Waals surface area contributed by atoms with E-state index in [1.807, 2.05) is 35.7 Å². The summed E-state index contributed by atoms with van der Waals surface area (Å²) in [5.41, 5.74) is 3.47. The van der Waals surface area contributed by atoms with Crippen LogP contribution >= 0.6 is 0 Å². The second-order valence-electron chi connectivity index (χ2n) is 7.77. The molecule has 2 aromatic heterocycles. The third-order valence-electron chi connectivity index (χ3n) is 5.82. The second-order valence-corrected chi connectivity index (χ2v) is 7.77. The van der Waals surface area contributed by atoms with Crippen molar-refractivity contribution in [2.24, 2.45) is 0 Å². The van der Waals surface area contributed by atoms with Gasteiger partial charge in [0, 0.05) is 57.8 Å². The molecule has 3 heterocycles. The van der Waals surface area contributed by atoms with Crippen molar-refractivity contribution in [1.82, 2.24) is 19.2 Å². The van der Waals surface area contributed by atoms with Crippen LogP contribution in [0, 0.1) is 12.7 Å². The summed E-state index contributed by atoms with van der Waals surface area (Å²) in [5, 5.41) is 0. The highest BCUT2D eigenvalue weighted by molar-refractivity contribution is 5.79. The lowest BCUT2D eigenvalue weighted by molar-refractivity contribution is -0.138. The van der Waals surface area contributed by atoms with E-state index in [-0.39, 0.29) is 30.0 Å². The van der Waals surface area contributed by atoms with Crippen LogP contribution < -0.4 is 0 Å². The van der Waals surface area contributed by atoms with Crippen LogP contribution in [0.5, 0.6) is 0 Å². The van der Waals surface area contributed by atoms with Gasteiger partial charge in [0.2, 0.25) is 11.8 Å². The third-order valence-corrected chi connectivity index (χ3v) is 5.82. The standard InChI is InChI=1S/C23H25FN4O2/c1-16-5-4-8-28-21(15-25-23(16)28)20(18-6-3-7-19(24)13-18)14-22(30)27-11-9-26(10-12-27)17(2)29/h3-8,13,15,20H,9-12,14H2,1-2H3. The zero-order chi connectivity index (χ0) is 21.3. The minimum atomic E-state index is -0.329. The van der Waals surface area contributed by atoms with Gasteiger partial charge in [-0.05, 0) is 36.2 Å². The Morgan fingerprint density at radius 1 is 1.10 bits per heavy atom. The van der Waals surface area contributed by atoms with Crippen LogP contribution in [0.1, 0.15) is 36.1 Å². The Bertz CT molecular complexity index is 1090. The van der Waals surface area contributed by atoms with Gasteiger partial charge >= 0.3 is 0 Å². The molecule has 0 bridgehead atoms. The maximum atomic E-state index is 14.0. The van der Waals surface area contributed by atoms with Gasteiger partial charge in [0.1, 0.15) is 11.5 Å². The molecule has 1 aliphatic heterocycles. The number of aromatic nitrogens is 2. The Kier molecular flexibility index (Phi) is 5.53. The second kappa shape index (κ2) is 8.26. The van der Waals surface area contributed by atoms with Crippen molar-refractivity contribution >= 4 is 17.5 Å². The SMILES string of the molecule is CC(=O)N1CCN(C(=O)CC(c2cccc(F)c2)c2cnc3c(C)cccn23)CC1. The number of amides is 2. The van der Waals surface area contributed by atoms with Crippen LogP contribution in [0.15, 0.2) is 48.8 Å². The number of imidazole rings is 1. The Labute approximate surface area is 174 Å². The molecule has 1 atom stereocenters. The van der Waals surface area contributed by atoms with Crippen LogP contribution in [0.25, 0.3) is 5.65 Å². The first-order valence-corrected chi connectivity index (χ1v) is 10.2. The van der Waals surface area contributed by atoms with Gasteiger partial charge in [-0.15, -0.1) is 0 Å². The lowest BCUT2D eigenvalue weighted by atomic mass is 9.92. The molecule has 0 spiro atoms. The molecule has 4 rings (SSSR count). The van der Waals surface area contributed by atoms with Crippen molar-refractivity contribution < 1.29 is 14.0 Å². The molecule has 0 aliphatic carbocycles. The number of carbonyl (C=O) groups excluding carboxylic acids is 2. The average molecular weight is 408 g/mol. The highest BCUT2D eigenvalue weighted by Crippen LogP contribution is 2.30. The first kappa shape index (κ1) is 20.1. The molecular weight excluding hydrogens is 383 g/mol. The third kappa shape index (κ3) is 3.92. The lowest BCUT2D eigenvalue weighted by Crippen LogP contribution is -2.50. The highest BCUT2D eigenvalue weighted by Gasteiger charge is 2.27. The first-order valence-electron chi connectivity index (χ1n) is 10.2. The van der Waals surface area contributed by atoms with E-state index in [0.29, 0.717) is 26.2 Å². The number of fused-ring (bicyclic) bond motifs is 1. The van der Waals surface area contributed by atoms with Crippen LogP contribution in [0.3, 0.4) is 0 Å². The first-order chi connectivity index (χ1) is 14.4. The molecular formula is C23H25FN4O2. The predicted octanol–water partition coefficient (Wildman–Crippen LogP) is 2.99. The van der Waals surface area contributed by atoms with Gasteiger partial charge in [0.15, 0.2) is 0 Å². The van der Waals surface area contributed by atoms with E-state index in [2.05, 4.69) is 4.98 Å². The molecule has 2 amide bonds. The molecule has 30 heavy (non-hydrogen) atoms. The van der Waals surface area contributed by atoms with Crippen LogP contribution in [-0.4, -0.2) is 57.2 Å². The van der Waals surface area contributed by atoms with Crippen molar-refractivity contribution in [2.75, 3.05) is 26.2 Å².